The molecule has 0 bridgehead atoms. The number of amides is 2. The van der Waals surface area contributed by atoms with Crippen molar-refractivity contribution in [2.45, 2.75) is 31.1 Å². The molecular formula is C16H30IN5O4. The number of guanidine groups is 1. The molecule has 1 spiro atoms. The molecule has 2 amide bonds. The first-order chi connectivity index (χ1) is 11.8. The number of ether oxygens (including phenoxy) is 2. The minimum Gasteiger partial charge on any atom is -0.353 e. The molecule has 1 saturated heterocycles. The van der Waals surface area contributed by atoms with Gasteiger partial charge in [0, 0.05) is 47.1 Å². The van der Waals surface area contributed by atoms with Gasteiger partial charge in [-0.2, -0.15) is 0 Å². The molecule has 0 aromatic heterocycles. The van der Waals surface area contributed by atoms with E-state index in [0.717, 1.165) is 19.3 Å². The van der Waals surface area contributed by atoms with Crippen molar-refractivity contribution in [1.29, 1.82) is 0 Å². The van der Waals surface area contributed by atoms with Crippen molar-refractivity contribution >= 4 is 41.8 Å². The van der Waals surface area contributed by atoms with Crippen LogP contribution in [0.3, 0.4) is 0 Å². The average molecular weight is 483 g/mol. The molecule has 150 valence electrons. The lowest BCUT2D eigenvalue weighted by atomic mass is 10.2. The van der Waals surface area contributed by atoms with Crippen LogP contribution in [0.15, 0.2) is 4.99 Å². The van der Waals surface area contributed by atoms with E-state index < -0.39 is 5.79 Å². The van der Waals surface area contributed by atoms with E-state index in [0.29, 0.717) is 19.2 Å². The minimum absolute atomic E-state index is 0. The van der Waals surface area contributed by atoms with Gasteiger partial charge in [-0.1, -0.05) is 0 Å². The Bertz CT molecular complexity index is 521. The SMILES string of the molecule is CN(C)C(=O)CN=C(NCC(=O)N(C)C)NC1CCC2(C1)OCCO2.I. The van der Waals surface area contributed by atoms with Gasteiger partial charge in [0.2, 0.25) is 11.8 Å². The molecule has 1 aliphatic heterocycles. The van der Waals surface area contributed by atoms with Crippen LogP contribution < -0.4 is 10.6 Å². The van der Waals surface area contributed by atoms with E-state index in [-0.39, 0.29) is 54.9 Å². The first-order valence-corrected chi connectivity index (χ1v) is 8.54. The zero-order valence-electron chi connectivity index (χ0n) is 15.9. The topological polar surface area (TPSA) is 95.5 Å². The predicted molar refractivity (Wildman–Crippen MR) is 109 cm³/mol. The number of carbonyl (C=O) groups is 2. The second kappa shape index (κ2) is 10.3. The number of nitrogens with zero attached hydrogens (tertiary/aromatic N) is 3. The Morgan fingerprint density at radius 3 is 2.31 bits per heavy atom. The molecule has 9 nitrogen and oxygen atoms in total. The average Bonchev–Trinajstić information content (AvgIpc) is 3.19. The Morgan fingerprint density at radius 1 is 1.12 bits per heavy atom. The van der Waals surface area contributed by atoms with Gasteiger partial charge in [-0.05, 0) is 6.42 Å². The number of carbonyl (C=O) groups excluding carboxylic acids is 2. The van der Waals surface area contributed by atoms with Crippen molar-refractivity contribution in [2.75, 3.05) is 54.5 Å². The smallest absolute Gasteiger partial charge is 0.243 e. The van der Waals surface area contributed by atoms with E-state index in [1.165, 1.54) is 9.80 Å². The molecule has 2 aliphatic rings. The summed E-state index contributed by atoms with van der Waals surface area (Å²) in [6.07, 6.45) is 2.42. The van der Waals surface area contributed by atoms with E-state index in [4.69, 9.17) is 9.47 Å². The number of hydrogen-bond acceptors (Lipinski definition) is 5. The minimum atomic E-state index is -0.484. The molecule has 0 aromatic rings. The molecule has 2 rings (SSSR count). The summed E-state index contributed by atoms with van der Waals surface area (Å²) in [4.78, 5) is 30.9. The molecule has 1 aliphatic carbocycles. The van der Waals surface area contributed by atoms with Crippen molar-refractivity contribution in [3.8, 4) is 0 Å². The molecular weight excluding hydrogens is 453 g/mol. The van der Waals surface area contributed by atoms with Gasteiger partial charge in [0.1, 0.15) is 6.54 Å². The molecule has 10 heteroatoms. The largest absolute Gasteiger partial charge is 0.353 e. The number of halogens is 1. The standard InChI is InChI=1S/C16H29N5O4.HI/c1-20(2)13(22)10-17-15(18-11-14(23)21(3)4)19-12-5-6-16(9-12)24-7-8-25-16;/h12H,5-11H2,1-4H3,(H2,17,18,19);1H. The van der Waals surface area contributed by atoms with Crippen LogP contribution in [-0.4, -0.2) is 93.9 Å². The first kappa shape index (κ1) is 22.9. The Balaban J connectivity index is 0.00000338. The van der Waals surface area contributed by atoms with Crippen LogP contribution in [0, 0.1) is 0 Å². The van der Waals surface area contributed by atoms with Gasteiger partial charge in [0.25, 0.3) is 0 Å². The van der Waals surface area contributed by atoms with Crippen LogP contribution in [0.5, 0.6) is 0 Å². The molecule has 1 heterocycles. The summed E-state index contributed by atoms with van der Waals surface area (Å²) in [5.74, 6) is -0.212. The summed E-state index contributed by atoms with van der Waals surface area (Å²) < 4.78 is 11.5. The highest BCUT2D eigenvalue weighted by Gasteiger charge is 2.44. The van der Waals surface area contributed by atoms with Crippen molar-refractivity contribution in [3.63, 3.8) is 0 Å². The molecule has 1 saturated carbocycles. The van der Waals surface area contributed by atoms with Crippen molar-refractivity contribution < 1.29 is 19.1 Å². The van der Waals surface area contributed by atoms with Gasteiger partial charge >= 0.3 is 0 Å². The van der Waals surface area contributed by atoms with Crippen LogP contribution >= 0.6 is 24.0 Å². The van der Waals surface area contributed by atoms with E-state index >= 15 is 0 Å². The van der Waals surface area contributed by atoms with Gasteiger partial charge < -0.3 is 29.9 Å². The molecule has 1 unspecified atom stereocenters. The third-order valence-corrected chi connectivity index (χ3v) is 4.36. The summed E-state index contributed by atoms with van der Waals surface area (Å²) in [5.41, 5.74) is 0. The van der Waals surface area contributed by atoms with Gasteiger partial charge in [-0.25, -0.2) is 4.99 Å². The zero-order chi connectivity index (χ0) is 18.4. The van der Waals surface area contributed by atoms with Crippen LogP contribution in [0.4, 0.5) is 0 Å². The van der Waals surface area contributed by atoms with E-state index in [2.05, 4.69) is 15.6 Å². The highest BCUT2D eigenvalue weighted by atomic mass is 127. The molecule has 2 N–H and O–H groups in total. The first-order valence-electron chi connectivity index (χ1n) is 8.54. The number of nitrogens with one attached hydrogen (secondary N) is 2. The van der Waals surface area contributed by atoms with Gasteiger partial charge in [0.05, 0.1) is 19.8 Å². The second-order valence-corrected chi connectivity index (χ2v) is 6.79. The number of likely N-dealkylation sites (N-methyl/N-ethyl adjacent to an activating group) is 2. The normalized spacial score (nSPS) is 21.2. The Labute approximate surface area is 171 Å². The zero-order valence-corrected chi connectivity index (χ0v) is 18.2. The maximum atomic E-state index is 11.8. The number of hydrogen-bond donors (Lipinski definition) is 2. The third kappa shape index (κ3) is 6.54. The maximum Gasteiger partial charge on any atom is 0.243 e. The van der Waals surface area contributed by atoms with Crippen molar-refractivity contribution in [1.82, 2.24) is 20.4 Å². The molecule has 2 fully saturated rings. The lowest BCUT2D eigenvalue weighted by molar-refractivity contribution is -0.151. The summed E-state index contributed by atoms with van der Waals surface area (Å²) in [5, 5.41) is 6.29. The lowest BCUT2D eigenvalue weighted by Crippen LogP contribution is -2.47. The highest BCUT2D eigenvalue weighted by molar-refractivity contribution is 14.0. The van der Waals surface area contributed by atoms with Crippen LogP contribution in [-0.2, 0) is 19.1 Å². The molecule has 0 aromatic carbocycles. The lowest BCUT2D eigenvalue weighted by Gasteiger charge is -2.23. The van der Waals surface area contributed by atoms with Crippen LogP contribution in [0.1, 0.15) is 19.3 Å². The van der Waals surface area contributed by atoms with Crippen LogP contribution in [0.25, 0.3) is 0 Å². The van der Waals surface area contributed by atoms with E-state index in [9.17, 15) is 9.59 Å². The molecule has 1 atom stereocenters. The molecule has 26 heavy (non-hydrogen) atoms. The number of rotatable bonds is 5. The van der Waals surface area contributed by atoms with Gasteiger partial charge in [-0.15, -0.1) is 24.0 Å². The fourth-order valence-electron chi connectivity index (χ4n) is 2.81. The van der Waals surface area contributed by atoms with Crippen LogP contribution in [0.2, 0.25) is 0 Å². The summed E-state index contributed by atoms with van der Waals surface area (Å²) >= 11 is 0. The monoisotopic (exact) mass is 483 g/mol. The summed E-state index contributed by atoms with van der Waals surface area (Å²) in [7, 11) is 6.76. The van der Waals surface area contributed by atoms with Crippen molar-refractivity contribution in [2.24, 2.45) is 4.99 Å². The van der Waals surface area contributed by atoms with Gasteiger partial charge in [-0.3, -0.25) is 9.59 Å². The fraction of sp³-hybridized carbons (Fsp3) is 0.812. The van der Waals surface area contributed by atoms with Crippen molar-refractivity contribution in [3.05, 3.63) is 0 Å². The summed E-state index contributed by atoms with van der Waals surface area (Å²) in [6, 6.07) is 0.119. The maximum absolute atomic E-state index is 11.8. The van der Waals surface area contributed by atoms with E-state index in [1.807, 2.05) is 0 Å². The Kier molecular flexibility index (Phi) is 9.04. The Hall–Kier alpha value is -1.14. The second-order valence-electron chi connectivity index (χ2n) is 6.79. The predicted octanol–water partition coefficient (Wildman–Crippen LogP) is -0.388. The summed E-state index contributed by atoms with van der Waals surface area (Å²) in [6.45, 7) is 1.38. The highest BCUT2D eigenvalue weighted by Crippen LogP contribution is 2.37. The Morgan fingerprint density at radius 2 is 1.73 bits per heavy atom. The van der Waals surface area contributed by atoms with Gasteiger partial charge in [0.15, 0.2) is 11.7 Å². The molecule has 0 radical (unpaired) electrons. The fourth-order valence-corrected chi connectivity index (χ4v) is 2.81. The number of aliphatic imine (C=N–C) groups is 1. The third-order valence-electron chi connectivity index (χ3n) is 4.36. The quantitative estimate of drug-likeness (QED) is 0.315. The van der Waals surface area contributed by atoms with E-state index in [1.54, 1.807) is 28.2 Å².